The molecule has 0 radical (unpaired) electrons. The Kier molecular flexibility index (Phi) is 2.68. The molecule has 0 unspecified atom stereocenters. The molecule has 2 aromatic carbocycles. The van der Waals surface area contributed by atoms with E-state index in [0.717, 1.165) is 11.1 Å². The third-order valence-corrected chi connectivity index (χ3v) is 2.88. The smallest absolute Gasteiger partial charge is 0.161 e. The van der Waals surface area contributed by atoms with E-state index in [4.69, 9.17) is 0 Å². The van der Waals surface area contributed by atoms with Crippen LogP contribution in [0.4, 0.5) is 0 Å². The highest BCUT2D eigenvalue weighted by atomic mass is 16.3. The number of phenolic OH excluding ortho intramolecular Hbond substituents is 3. The first-order valence-electron chi connectivity index (χ1n) is 5.32. The molecule has 0 aliphatic rings. The monoisotopic (exact) mass is 230 g/mol. The van der Waals surface area contributed by atoms with Gasteiger partial charge in [-0.1, -0.05) is 12.1 Å². The number of aryl methyl sites for hydroxylation is 1. The second-order valence-electron chi connectivity index (χ2n) is 4.11. The molecule has 3 N–H and O–H groups in total. The maximum Gasteiger partial charge on any atom is 0.161 e. The fourth-order valence-electron chi connectivity index (χ4n) is 1.86. The van der Waals surface area contributed by atoms with Crippen LogP contribution in [0.15, 0.2) is 30.3 Å². The minimum Gasteiger partial charge on any atom is -0.508 e. The fourth-order valence-corrected chi connectivity index (χ4v) is 1.86. The van der Waals surface area contributed by atoms with Crippen molar-refractivity contribution >= 4 is 0 Å². The molecular weight excluding hydrogens is 216 g/mol. The Labute approximate surface area is 99.6 Å². The highest BCUT2D eigenvalue weighted by molar-refractivity contribution is 5.74. The summed E-state index contributed by atoms with van der Waals surface area (Å²) < 4.78 is 0. The third-order valence-electron chi connectivity index (χ3n) is 2.88. The molecule has 3 nitrogen and oxygen atoms in total. The summed E-state index contributed by atoms with van der Waals surface area (Å²) in [4.78, 5) is 0. The van der Waals surface area contributed by atoms with Gasteiger partial charge in [-0.25, -0.2) is 0 Å². The predicted octanol–water partition coefficient (Wildman–Crippen LogP) is 3.09. The lowest BCUT2D eigenvalue weighted by Gasteiger charge is -2.12. The number of phenols is 3. The van der Waals surface area contributed by atoms with Crippen molar-refractivity contribution < 1.29 is 15.3 Å². The average Bonchev–Trinajstić information content (AvgIpc) is 2.31. The molecule has 3 heteroatoms. The van der Waals surface area contributed by atoms with Crippen molar-refractivity contribution in [3.63, 3.8) is 0 Å². The van der Waals surface area contributed by atoms with Crippen LogP contribution >= 0.6 is 0 Å². The van der Waals surface area contributed by atoms with Crippen molar-refractivity contribution in [2.75, 3.05) is 0 Å². The molecule has 0 spiro atoms. The summed E-state index contributed by atoms with van der Waals surface area (Å²) in [5.41, 5.74) is 2.81. The van der Waals surface area contributed by atoms with Crippen molar-refractivity contribution in [3.8, 4) is 28.4 Å². The van der Waals surface area contributed by atoms with E-state index in [0.29, 0.717) is 11.1 Å². The molecule has 0 saturated heterocycles. The lowest BCUT2D eigenvalue weighted by Crippen LogP contribution is -1.87. The lowest BCUT2D eigenvalue weighted by atomic mass is 9.97. The van der Waals surface area contributed by atoms with Gasteiger partial charge in [0.2, 0.25) is 0 Å². The van der Waals surface area contributed by atoms with E-state index in [9.17, 15) is 15.3 Å². The summed E-state index contributed by atoms with van der Waals surface area (Å²) in [6.45, 7) is 3.45. The SMILES string of the molecule is Cc1cc(-c2cccc(O)c2)c(C)c(O)c1O. The highest BCUT2D eigenvalue weighted by Crippen LogP contribution is 2.39. The van der Waals surface area contributed by atoms with Gasteiger partial charge in [-0.2, -0.15) is 0 Å². The largest absolute Gasteiger partial charge is 0.508 e. The fraction of sp³-hybridized carbons (Fsp3) is 0.143. The first-order chi connectivity index (χ1) is 8.00. The minimum absolute atomic E-state index is 0.0913. The molecular formula is C14H14O3. The Morgan fingerprint density at radius 2 is 1.59 bits per heavy atom. The van der Waals surface area contributed by atoms with E-state index in [1.54, 1.807) is 38.1 Å². The zero-order valence-corrected chi connectivity index (χ0v) is 9.73. The summed E-state index contributed by atoms with van der Waals surface area (Å²) in [5, 5.41) is 28.8. The van der Waals surface area contributed by atoms with Gasteiger partial charge in [0.05, 0.1) is 0 Å². The van der Waals surface area contributed by atoms with Crippen molar-refractivity contribution in [2.24, 2.45) is 0 Å². The lowest BCUT2D eigenvalue weighted by molar-refractivity contribution is 0.399. The van der Waals surface area contributed by atoms with E-state index < -0.39 is 0 Å². The zero-order valence-electron chi connectivity index (χ0n) is 9.73. The van der Waals surface area contributed by atoms with Crippen molar-refractivity contribution in [2.45, 2.75) is 13.8 Å². The van der Waals surface area contributed by atoms with Gasteiger partial charge in [0, 0.05) is 5.56 Å². The standard InChI is InChI=1S/C14H14O3/c1-8-6-12(9(2)14(17)13(8)16)10-4-3-5-11(15)7-10/h3-7,15-17H,1-2H3. The van der Waals surface area contributed by atoms with Gasteiger partial charge < -0.3 is 15.3 Å². The van der Waals surface area contributed by atoms with Crippen LogP contribution in [0.25, 0.3) is 11.1 Å². The van der Waals surface area contributed by atoms with E-state index in [-0.39, 0.29) is 17.2 Å². The minimum atomic E-state index is -0.108. The Balaban J connectivity index is 2.68. The Hall–Kier alpha value is -2.16. The topological polar surface area (TPSA) is 60.7 Å². The molecule has 0 bridgehead atoms. The molecule has 0 atom stereocenters. The normalized spacial score (nSPS) is 10.5. The van der Waals surface area contributed by atoms with Crippen LogP contribution < -0.4 is 0 Å². The average molecular weight is 230 g/mol. The van der Waals surface area contributed by atoms with E-state index >= 15 is 0 Å². The van der Waals surface area contributed by atoms with Gasteiger partial charge in [-0.05, 0) is 48.7 Å². The Bertz CT molecular complexity index is 574. The van der Waals surface area contributed by atoms with Crippen LogP contribution in [0.3, 0.4) is 0 Å². The molecule has 2 aromatic rings. The van der Waals surface area contributed by atoms with Gasteiger partial charge in [0.15, 0.2) is 11.5 Å². The van der Waals surface area contributed by atoms with Gasteiger partial charge >= 0.3 is 0 Å². The molecule has 0 saturated carbocycles. The molecule has 17 heavy (non-hydrogen) atoms. The van der Waals surface area contributed by atoms with Crippen LogP contribution in [0.2, 0.25) is 0 Å². The number of rotatable bonds is 1. The predicted molar refractivity (Wildman–Crippen MR) is 66.3 cm³/mol. The summed E-state index contributed by atoms with van der Waals surface area (Å²) in [6, 6.07) is 8.59. The van der Waals surface area contributed by atoms with Crippen LogP contribution in [-0.4, -0.2) is 15.3 Å². The second kappa shape index (κ2) is 4.01. The van der Waals surface area contributed by atoms with Crippen LogP contribution in [0.5, 0.6) is 17.2 Å². The molecule has 0 amide bonds. The Morgan fingerprint density at radius 1 is 0.882 bits per heavy atom. The first kappa shape index (κ1) is 11.3. The zero-order chi connectivity index (χ0) is 12.6. The maximum absolute atomic E-state index is 9.79. The van der Waals surface area contributed by atoms with Crippen molar-refractivity contribution in [3.05, 3.63) is 41.5 Å². The number of benzene rings is 2. The maximum atomic E-state index is 9.79. The third kappa shape index (κ3) is 1.91. The molecule has 0 fully saturated rings. The molecule has 0 aliphatic heterocycles. The molecule has 0 aliphatic carbocycles. The quantitative estimate of drug-likeness (QED) is 0.660. The molecule has 2 rings (SSSR count). The van der Waals surface area contributed by atoms with Crippen LogP contribution in [0, 0.1) is 13.8 Å². The summed E-state index contributed by atoms with van der Waals surface area (Å²) in [5.74, 6) is -0.0261. The second-order valence-corrected chi connectivity index (χ2v) is 4.11. The van der Waals surface area contributed by atoms with Crippen LogP contribution in [-0.2, 0) is 0 Å². The van der Waals surface area contributed by atoms with Crippen molar-refractivity contribution in [1.29, 1.82) is 0 Å². The molecule has 88 valence electrons. The summed E-state index contributed by atoms with van der Waals surface area (Å²) in [7, 11) is 0. The highest BCUT2D eigenvalue weighted by Gasteiger charge is 2.13. The van der Waals surface area contributed by atoms with Crippen LogP contribution in [0.1, 0.15) is 11.1 Å². The van der Waals surface area contributed by atoms with E-state index in [1.165, 1.54) is 0 Å². The van der Waals surface area contributed by atoms with Crippen molar-refractivity contribution in [1.82, 2.24) is 0 Å². The van der Waals surface area contributed by atoms with Gasteiger partial charge in [0.25, 0.3) is 0 Å². The van der Waals surface area contributed by atoms with E-state index in [2.05, 4.69) is 0 Å². The summed E-state index contributed by atoms with van der Waals surface area (Å²) in [6.07, 6.45) is 0. The number of hydrogen-bond donors (Lipinski definition) is 3. The van der Waals surface area contributed by atoms with E-state index in [1.807, 2.05) is 6.07 Å². The van der Waals surface area contributed by atoms with Gasteiger partial charge in [0.1, 0.15) is 5.75 Å². The number of hydrogen-bond acceptors (Lipinski definition) is 3. The molecule has 0 aromatic heterocycles. The number of aromatic hydroxyl groups is 3. The molecule has 0 heterocycles. The van der Waals surface area contributed by atoms with Gasteiger partial charge in [-0.15, -0.1) is 0 Å². The summed E-state index contributed by atoms with van der Waals surface area (Å²) >= 11 is 0. The Morgan fingerprint density at radius 3 is 2.24 bits per heavy atom. The van der Waals surface area contributed by atoms with Gasteiger partial charge in [-0.3, -0.25) is 0 Å². The first-order valence-corrected chi connectivity index (χ1v) is 5.32.